The highest BCUT2D eigenvalue weighted by molar-refractivity contribution is 6.11. The molecule has 0 atom stereocenters. The number of hydrogen-bond donors (Lipinski definition) is 0. The van der Waals surface area contributed by atoms with E-state index in [2.05, 4.69) is 151 Å². The van der Waals surface area contributed by atoms with Crippen LogP contribution in [0.25, 0.3) is 89.0 Å². The first-order chi connectivity index (χ1) is 26.5. The van der Waals surface area contributed by atoms with Gasteiger partial charge in [-0.15, -0.1) is 10.2 Å². The Balaban J connectivity index is 1.10. The molecule has 5 nitrogen and oxygen atoms in total. The third-order valence-corrected chi connectivity index (χ3v) is 11.2. The van der Waals surface area contributed by atoms with Gasteiger partial charge in [0.15, 0.2) is 0 Å². The number of nitrogens with zero attached hydrogens (tertiary/aromatic N) is 2. The van der Waals surface area contributed by atoms with Crippen molar-refractivity contribution in [1.82, 2.24) is 10.2 Å². The molecule has 0 radical (unpaired) electrons. The average Bonchev–Trinajstić information content (AvgIpc) is 3.92. The van der Waals surface area contributed by atoms with E-state index in [1.807, 2.05) is 24.3 Å². The van der Waals surface area contributed by atoms with Crippen LogP contribution < -0.4 is 0 Å². The van der Waals surface area contributed by atoms with E-state index in [1.54, 1.807) is 0 Å². The van der Waals surface area contributed by atoms with Gasteiger partial charge in [-0.05, 0) is 130 Å². The lowest BCUT2D eigenvalue weighted by atomic mass is 9.93. The number of fused-ring (bicyclic) bond motifs is 6. The quantitative estimate of drug-likeness (QED) is 0.156. The SMILES string of the molecule is CC(C)c1ccc2oc3c(-c4cccc(-c5nnc(-c6cccc(-c7cc(C(C)C)cc8c7oc7ccc(C(C)C)cc78)c6)o5)c4)cc(C(C)C)cc3c2c1. The minimum Gasteiger partial charge on any atom is -0.455 e. The van der Waals surface area contributed by atoms with Gasteiger partial charge in [-0.3, -0.25) is 0 Å². The van der Waals surface area contributed by atoms with E-state index in [1.165, 1.54) is 22.3 Å². The van der Waals surface area contributed by atoms with Crippen LogP contribution in [0.15, 0.2) is 122 Å². The molecule has 0 aliphatic heterocycles. The van der Waals surface area contributed by atoms with Crippen LogP contribution in [0.3, 0.4) is 0 Å². The van der Waals surface area contributed by atoms with E-state index in [4.69, 9.17) is 13.3 Å². The Labute approximate surface area is 322 Å². The number of benzene rings is 6. The Morgan fingerprint density at radius 2 is 0.745 bits per heavy atom. The van der Waals surface area contributed by atoms with Gasteiger partial charge in [0.1, 0.15) is 22.3 Å². The highest BCUT2D eigenvalue weighted by Gasteiger charge is 2.20. The molecule has 0 saturated carbocycles. The molecule has 0 aliphatic rings. The van der Waals surface area contributed by atoms with E-state index < -0.39 is 0 Å². The maximum atomic E-state index is 6.58. The third kappa shape index (κ3) is 6.12. The molecule has 0 amide bonds. The number of hydrogen-bond acceptors (Lipinski definition) is 5. The van der Waals surface area contributed by atoms with Crippen molar-refractivity contribution in [1.29, 1.82) is 0 Å². The smallest absolute Gasteiger partial charge is 0.248 e. The summed E-state index contributed by atoms with van der Waals surface area (Å²) < 4.78 is 19.6. The second-order valence-corrected chi connectivity index (χ2v) is 16.3. The Bertz CT molecular complexity index is 2700. The van der Waals surface area contributed by atoms with Crippen molar-refractivity contribution < 1.29 is 13.3 Å². The minimum absolute atomic E-state index is 0.354. The normalized spacial score (nSPS) is 12.3. The molecule has 3 heterocycles. The van der Waals surface area contributed by atoms with Gasteiger partial charge in [0.25, 0.3) is 0 Å². The maximum absolute atomic E-state index is 6.58. The first-order valence-corrected chi connectivity index (χ1v) is 19.6. The van der Waals surface area contributed by atoms with Crippen molar-refractivity contribution in [2.45, 2.75) is 79.1 Å². The molecule has 9 rings (SSSR count). The van der Waals surface area contributed by atoms with Crippen LogP contribution in [0.2, 0.25) is 0 Å². The predicted molar refractivity (Wildman–Crippen MR) is 227 cm³/mol. The van der Waals surface area contributed by atoms with Gasteiger partial charge in [-0.2, -0.15) is 0 Å². The summed E-state index contributed by atoms with van der Waals surface area (Å²) in [5.74, 6) is 2.50. The zero-order valence-corrected chi connectivity index (χ0v) is 32.8. The van der Waals surface area contributed by atoms with Crippen LogP contribution in [0.4, 0.5) is 0 Å². The molecule has 274 valence electrons. The van der Waals surface area contributed by atoms with Crippen molar-refractivity contribution in [2.75, 3.05) is 0 Å². The number of aromatic nitrogens is 2. The zero-order valence-electron chi connectivity index (χ0n) is 32.8. The van der Waals surface area contributed by atoms with Gasteiger partial charge < -0.3 is 13.3 Å². The van der Waals surface area contributed by atoms with Crippen LogP contribution in [0.5, 0.6) is 0 Å². The molecule has 0 saturated heterocycles. The van der Waals surface area contributed by atoms with E-state index in [-0.39, 0.29) is 0 Å². The molecule has 5 heteroatoms. The lowest BCUT2D eigenvalue weighted by molar-refractivity contribution is 0.584. The van der Waals surface area contributed by atoms with Crippen molar-refractivity contribution in [3.8, 4) is 45.2 Å². The lowest BCUT2D eigenvalue weighted by Crippen LogP contribution is -1.90. The summed E-state index contributed by atoms with van der Waals surface area (Å²) in [5.41, 5.74) is 14.6. The first kappa shape index (κ1) is 34.8. The molecule has 6 aromatic carbocycles. The summed E-state index contributed by atoms with van der Waals surface area (Å²) in [6.45, 7) is 17.9. The van der Waals surface area contributed by atoms with Crippen molar-refractivity contribution in [3.63, 3.8) is 0 Å². The maximum Gasteiger partial charge on any atom is 0.248 e. The second kappa shape index (κ2) is 13.4. The van der Waals surface area contributed by atoms with Crippen LogP contribution in [0, 0.1) is 0 Å². The molecular weight excluding hydrogens is 677 g/mol. The predicted octanol–water partition coefficient (Wildman–Crippen LogP) is 15.0. The van der Waals surface area contributed by atoms with Crippen LogP contribution in [-0.2, 0) is 0 Å². The van der Waals surface area contributed by atoms with E-state index >= 15 is 0 Å². The summed E-state index contributed by atoms with van der Waals surface area (Å²) >= 11 is 0. The highest BCUT2D eigenvalue weighted by Crippen LogP contribution is 2.42. The molecule has 55 heavy (non-hydrogen) atoms. The van der Waals surface area contributed by atoms with E-state index in [0.717, 1.165) is 77.3 Å². The Hall–Kier alpha value is -5.94. The molecule has 9 aromatic rings. The molecule has 0 bridgehead atoms. The Morgan fingerprint density at radius 3 is 1.15 bits per heavy atom. The summed E-state index contributed by atoms with van der Waals surface area (Å²) in [5, 5.41) is 13.7. The second-order valence-electron chi connectivity index (χ2n) is 16.3. The fourth-order valence-electron chi connectivity index (χ4n) is 7.75. The van der Waals surface area contributed by atoms with Crippen LogP contribution in [-0.4, -0.2) is 10.2 Å². The van der Waals surface area contributed by atoms with Gasteiger partial charge in [-0.1, -0.05) is 91.8 Å². The zero-order chi connectivity index (χ0) is 38.1. The van der Waals surface area contributed by atoms with Crippen molar-refractivity contribution in [2.24, 2.45) is 0 Å². The van der Waals surface area contributed by atoms with Gasteiger partial charge in [0.05, 0.1) is 0 Å². The Morgan fingerprint density at radius 1 is 0.364 bits per heavy atom. The molecule has 0 N–H and O–H groups in total. The van der Waals surface area contributed by atoms with Crippen LogP contribution >= 0.6 is 0 Å². The topological polar surface area (TPSA) is 65.2 Å². The van der Waals surface area contributed by atoms with E-state index in [0.29, 0.717) is 35.5 Å². The highest BCUT2D eigenvalue weighted by atomic mass is 16.4. The molecular formula is C50H46N2O3. The van der Waals surface area contributed by atoms with Crippen molar-refractivity contribution >= 4 is 43.9 Å². The molecule has 0 aliphatic carbocycles. The number of rotatable bonds is 8. The standard InChI is InChI=1S/C50H46N2O3/c1-27(2)31-15-17-45-41(21-31)43-25-37(29(5)6)23-39(47(43)53-45)33-11-9-13-35(19-33)49-51-52-50(55-49)36-14-10-12-34(20-36)40-24-38(30(7)8)26-44-42-22-32(28(3)4)16-18-46(42)54-48(40)44/h9-30H,1-8H3. The largest absolute Gasteiger partial charge is 0.455 e. The van der Waals surface area contributed by atoms with E-state index in [9.17, 15) is 0 Å². The van der Waals surface area contributed by atoms with Gasteiger partial charge in [-0.25, -0.2) is 0 Å². The molecule has 0 unspecified atom stereocenters. The Kier molecular flexibility index (Phi) is 8.49. The first-order valence-electron chi connectivity index (χ1n) is 19.6. The van der Waals surface area contributed by atoms with Gasteiger partial charge in [0.2, 0.25) is 11.8 Å². The van der Waals surface area contributed by atoms with Gasteiger partial charge >= 0.3 is 0 Å². The summed E-state index contributed by atoms with van der Waals surface area (Å²) in [4.78, 5) is 0. The van der Waals surface area contributed by atoms with Crippen LogP contribution in [0.1, 0.15) is 101 Å². The van der Waals surface area contributed by atoms with Gasteiger partial charge in [0, 0.05) is 43.8 Å². The fourth-order valence-corrected chi connectivity index (χ4v) is 7.75. The fraction of sp³-hybridized carbons (Fsp3) is 0.240. The average molecular weight is 723 g/mol. The summed E-state index contributed by atoms with van der Waals surface area (Å²) in [6, 6.07) is 38.9. The third-order valence-electron chi connectivity index (χ3n) is 11.2. The number of furan rings is 2. The summed E-state index contributed by atoms with van der Waals surface area (Å²) in [6.07, 6.45) is 0. The molecule has 0 fully saturated rings. The van der Waals surface area contributed by atoms with Crippen molar-refractivity contribution in [3.05, 3.63) is 131 Å². The molecule has 0 spiro atoms. The monoisotopic (exact) mass is 722 g/mol. The minimum atomic E-state index is 0.354. The lowest BCUT2D eigenvalue weighted by Gasteiger charge is -2.11. The summed E-state index contributed by atoms with van der Waals surface area (Å²) in [7, 11) is 0. The molecule has 3 aromatic heterocycles.